The van der Waals surface area contributed by atoms with Crippen LogP contribution >= 0.6 is 0 Å². The third kappa shape index (κ3) is 4.71. The van der Waals surface area contributed by atoms with E-state index in [2.05, 4.69) is 48.6 Å². The van der Waals surface area contributed by atoms with Crippen molar-refractivity contribution in [2.24, 2.45) is 0 Å². The lowest BCUT2D eigenvalue weighted by molar-refractivity contribution is 0.314. The van der Waals surface area contributed by atoms with E-state index < -0.39 is 0 Å². The van der Waals surface area contributed by atoms with E-state index in [1.54, 1.807) is 0 Å². The van der Waals surface area contributed by atoms with Gasteiger partial charge in [0.05, 0.1) is 0 Å². The van der Waals surface area contributed by atoms with Gasteiger partial charge in [-0.1, -0.05) is 55.8 Å². The predicted molar refractivity (Wildman–Crippen MR) is 85.2 cm³/mol. The zero-order chi connectivity index (χ0) is 14.0. The molecule has 0 saturated heterocycles. The highest BCUT2D eigenvalue weighted by molar-refractivity contribution is 5.64. The molecule has 0 spiro atoms. The highest BCUT2D eigenvalue weighted by Gasteiger charge is 1.99. The first-order valence-corrected chi connectivity index (χ1v) is 7.39. The van der Waals surface area contributed by atoms with Gasteiger partial charge in [-0.2, -0.15) is 0 Å². The van der Waals surface area contributed by atoms with Crippen molar-refractivity contribution in [2.45, 2.75) is 19.8 Å². The second-order valence-electron chi connectivity index (χ2n) is 4.85. The first kappa shape index (κ1) is 14.6. The van der Waals surface area contributed by atoms with Crippen LogP contribution in [-0.4, -0.2) is 19.7 Å². The van der Waals surface area contributed by atoms with Gasteiger partial charge in [0, 0.05) is 6.54 Å². The number of rotatable bonds is 8. The number of unbranched alkanes of at least 4 members (excludes halogenated alkanes) is 1. The molecule has 0 heterocycles. The smallest absolute Gasteiger partial charge is 0.119 e. The van der Waals surface area contributed by atoms with Gasteiger partial charge in [-0.05, 0) is 36.2 Å². The first-order valence-electron chi connectivity index (χ1n) is 7.39. The van der Waals surface area contributed by atoms with E-state index in [-0.39, 0.29) is 0 Å². The minimum absolute atomic E-state index is 0.710. The first-order chi connectivity index (χ1) is 9.90. The Morgan fingerprint density at radius 1 is 0.900 bits per heavy atom. The van der Waals surface area contributed by atoms with Crippen molar-refractivity contribution in [1.82, 2.24) is 5.32 Å². The molecule has 0 atom stereocenters. The van der Waals surface area contributed by atoms with E-state index in [0.29, 0.717) is 6.61 Å². The lowest BCUT2D eigenvalue weighted by Crippen LogP contribution is -2.21. The number of hydrogen-bond acceptors (Lipinski definition) is 2. The largest absolute Gasteiger partial charge is 0.492 e. The van der Waals surface area contributed by atoms with Gasteiger partial charge in [-0.3, -0.25) is 0 Å². The molecule has 1 N–H and O–H groups in total. The monoisotopic (exact) mass is 269 g/mol. The summed E-state index contributed by atoms with van der Waals surface area (Å²) in [5.74, 6) is 0.934. The van der Waals surface area contributed by atoms with E-state index in [9.17, 15) is 0 Å². The van der Waals surface area contributed by atoms with Crippen molar-refractivity contribution in [1.29, 1.82) is 0 Å². The molecule has 0 radical (unpaired) electrons. The second-order valence-corrected chi connectivity index (χ2v) is 4.85. The Morgan fingerprint density at radius 2 is 1.70 bits per heavy atom. The Labute approximate surface area is 121 Å². The van der Waals surface area contributed by atoms with E-state index >= 15 is 0 Å². The summed E-state index contributed by atoms with van der Waals surface area (Å²) >= 11 is 0. The van der Waals surface area contributed by atoms with E-state index in [0.717, 1.165) is 18.8 Å². The Bertz CT molecular complexity index is 496. The van der Waals surface area contributed by atoms with Gasteiger partial charge in [0.2, 0.25) is 0 Å². The molecule has 0 bridgehead atoms. The number of benzene rings is 2. The maximum absolute atomic E-state index is 5.79. The average Bonchev–Trinajstić information content (AvgIpc) is 2.52. The van der Waals surface area contributed by atoms with Gasteiger partial charge in [0.15, 0.2) is 0 Å². The summed E-state index contributed by atoms with van der Waals surface area (Å²) in [5.41, 5.74) is 2.42. The summed E-state index contributed by atoms with van der Waals surface area (Å²) in [5, 5.41) is 3.38. The molecule has 2 aromatic rings. The second kappa shape index (κ2) is 8.39. The minimum atomic E-state index is 0.710. The van der Waals surface area contributed by atoms with Gasteiger partial charge in [-0.15, -0.1) is 0 Å². The molecule has 20 heavy (non-hydrogen) atoms. The Kier molecular flexibility index (Phi) is 6.12. The molecule has 2 aromatic carbocycles. The van der Waals surface area contributed by atoms with Crippen LogP contribution in [0.3, 0.4) is 0 Å². The summed E-state index contributed by atoms with van der Waals surface area (Å²) in [7, 11) is 0. The van der Waals surface area contributed by atoms with Crippen molar-refractivity contribution < 1.29 is 4.74 Å². The zero-order valence-electron chi connectivity index (χ0n) is 12.1. The van der Waals surface area contributed by atoms with E-state index in [4.69, 9.17) is 4.74 Å². The summed E-state index contributed by atoms with van der Waals surface area (Å²) in [6.07, 6.45) is 2.45. The van der Waals surface area contributed by atoms with E-state index in [1.165, 1.54) is 24.0 Å². The molecule has 106 valence electrons. The molecule has 0 unspecified atom stereocenters. The zero-order valence-corrected chi connectivity index (χ0v) is 12.1. The maximum atomic E-state index is 5.79. The molecule has 2 heteroatoms. The number of hydrogen-bond donors (Lipinski definition) is 1. The summed E-state index contributed by atoms with van der Waals surface area (Å²) in [6.45, 7) is 4.88. The molecule has 0 aliphatic rings. The van der Waals surface area contributed by atoms with Crippen LogP contribution in [0, 0.1) is 0 Å². The minimum Gasteiger partial charge on any atom is -0.492 e. The fraction of sp³-hybridized carbons (Fsp3) is 0.333. The van der Waals surface area contributed by atoms with Crippen molar-refractivity contribution in [2.75, 3.05) is 19.7 Å². The van der Waals surface area contributed by atoms with Crippen LogP contribution in [0.5, 0.6) is 5.75 Å². The van der Waals surface area contributed by atoms with E-state index in [1.807, 2.05) is 18.2 Å². The van der Waals surface area contributed by atoms with Gasteiger partial charge >= 0.3 is 0 Å². The molecule has 2 nitrogen and oxygen atoms in total. The fourth-order valence-electron chi connectivity index (χ4n) is 2.06. The van der Waals surface area contributed by atoms with Gasteiger partial charge < -0.3 is 10.1 Å². The van der Waals surface area contributed by atoms with Crippen LogP contribution in [0.15, 0.2) is 54.6 Å². The molecule has 0 aromatic heterocycles. The van der Waals surface area contributed by atoms with Crippen molar-refractivity contribution >= 4 is 0 Å². The lowest BCUT2D eigenvalue weighted by atomic mass is 10.1. The van der Waals surface area contributed by atoms with Crippen LogP contribution in [0.1, 0.15) is 19.8 Å². The normalized spacial score (nSPS) is 10.4. The fourth-order valence-corrected chi connectivity index (χ4v) is 2.06. The summed E-state index contributed by atoms with van der Waals surface area (Å²) in [6, 6.07) is 18.6. The highest BCUT2D eigenvalue weighted by Crippen LogP contribution is 2.23. The molecule has 0 amide bonds. The van der Waals surface area contributed by atoms with Gasteiger partial charge in [0.1, 0.15) is 12.4 Å². The van der Waals surface area contributed by atoms with Crippen LogP contribution in [-0.2, 0) is 0 Å². The maximum Gasteiger partial charge on any atom is 0.119 e. The molecule has 0 saturated carbocycles. The lowest BCUT2D eigenvalue weighted by Gasteiger charge is -2.09. The van der Waals surface area contributed by atoms with Gasteiger partial charge in [-0.25, -0.2) is 0 Å². The summed E-state index contributed by atoms with van der Waals surface area (Å²) < 4.78 is 5.79. The number of nitrogens with one attached hydrogen (secondary N) is 1. The number of ether oxygens (including phenoxy) is 1. The molecule has 2 rings (SSSR count). The average molecular weight is 269 g/mol. The highest BCUT2D eigenvalue weighted by atomic mass is 16.5. The Balaban J connectivity index is 1.84. The molecule has 0 fully saturated rings. The Morgan fingerprint density at radius 3 is 2.50 bits per heavy atom. The Hall–Kier alpha value is -1.80. The van der Waals surface area contributed by atoms with Crippen LogP contribution in [0.4, 0.5) is 0 Å². The van der Waals surface area contributed by atoms with Crippen molar-refractivity contribution in [3.05, 3.63) is 54.6 Å². The van der Waals surface area contributed by atoms with Crippen LogP contribution in [0.25, 0.3) is 11.1 Å². The van der Waals surface area contributed by atoms with Crippen LogP contribution in [0.2, 0.25) is 0 Å². The molecular formula is C18H23NO. The molecule has 0 aliphatic heterocycles. The quantitative estimate of drug-likeness (QED) is 0.728. The molecular weight excluding hydrogens is 246 g/mol. The third-order valence-electron chi connectivity index (χ3n) is 3.20. The van der Waals surface area contributed by atoms with Crippen molar-refractivity contribution in [3.63, 3.8) is 0 Å². The molecule has 0 aliphatic carbocycles. The predicted octanol–water partition coefficient (Wildman–Crippen LogP) is 4.12. The van der Waals surface area contributed by atoms with Gasteiger partial charge in [0.25, 0.3) is 0 Å². The van der Waals surface area contributed by atoms with Crippen LogP contribution < -0.4 is 10.1 Å². The summed E-state index contributed by atoms with van der Waals surface area (Å²) in [4.78, 5) is 0. The third-order valence-corrected chi connectivity index (χ3v) is 3.20. The SMILES string of the molecule is CCCCNCCOc1cccc(-c2ccccc2)c1. The topological polar surface area (TPSA) is 21.3 Å². The standard InChI is InChI=1S/C18H23NO/c1-2-3-12-19-13-14-20-18-11-7-10-17(15-18)16-8-5-4-6-9-16/h4-11,15,19H,2-3,12-14H2,1H3. The van der Waals surface area contributed by atoms with Crippen molar-refractivity contribution in [3.8, 4) is 16.9 Å².